The first-order valence-electron chi connectivity index (χ1n) is 11.1. The number of benzene rings is 3. The Balaban J connectivity index is 1.60. The van der Waals surface area contributed by atoms with Gasteiger partial charge < -0.3 is 9.84 Å². The van der Waals surface area contributed by atoms with E-state index in [4.69, 9.17) is 21.4 Å². The third-order valence-electron chi connectivity index (χ3n) is 5.14. The number of ether oxygens (including phenoxy) is 1. The van der Waals surface area contributed by atoms with Crippen molar-refractivity contribution in [3.8, 4) is 5.75 Å². The van der Waals surface area contributed by atoms with Crippen molar-refractivity contribution in [2.24, 2.45) is 0 Å². The van der Waals surface area contributed by atoms with Gasteiger partial charge >= 0.3 is 5.97 Å². The fraction of sp³-hybridized carbons (Fsp3) is 0.259. The van der Waals surface area contributed by atoms with Crippen molar-refractivity contribution >= 4 is 35.1 Å². The van der Waals surface area contributed by atoms with Gasteiger partial charge in [-0.25, -0.2) is 4.39 Å². The predicted molar refractivity (Wildman–Crippen MR) is 134 cm³/mol. The average Bonchev–Trinajstić information content (AvgIpc) is 2.80. The Morgan fingerprint density at radius 1 is 1.09 bits per heavy atom. The normalized spacial score (nSPS) is 10.8. The Morgan fingerprint density at radius 2 is 1.85 bits per heavy atom. The molecule has 0 aliphatic rings. The summed E-state index contributed by atoms with van der Waals surface area (Å²) in [6.07, 6.45) is 2.27. The quantitative estimate of drug-likeness (QED) is 0.167. The second-order valence-corrected chi connectivity index (χ2v) is 9.30. The Kier molecular flexibility index (Phi) is 9.54. The van der Waals surface area contributed by atoms with Gasteiger partial charge in [0.15, 0.2) is 5.78 Å². The lowest BCUT2D eigenvalue weighted by Crippen LogP contribution is -2.09. The van der Waals surface area contributed by atoms with Gasteiger partial charge in [-0.2, -0.15) is 0 Å². The van der Waals surface area contributed by atoms with Gasteiger partial charge in [0.1, 0.15) is 11.6 Å². The number of ketones is 1. The topological polar surface area (TPSA) is 63.6 Å². The summed E-state index contributed by atoms with van der Waals surface area (Å²) < 4.78 is 19.3. The Bertz CT molecular complexity index is 1150. The first-order valence-corrected chi connectivity index (χ1v) is 12.4. The zero-order valence-corrected chi connectivity index (χ0v) is 20.4. The highest BCUT2D eigenvalue weighted by atomic mass is 35.5. The van der Waals surface area contributed by atoms with Crippen LogP contribution in [0.1, 0.15) is 46.8 Å². The fourth-order valence-corrected chi connectivity index (χ4v) is 4.76. The fourth-order valence-electron chi connectivity index (χ4n) is 3.55. The van der Waals surface area contributed by atoms with E-state index in [1.54, 1.807) is 36.0 Å². The zero-order chi connectivity index (χ0) is 24.5. The zero-order valence-electron chi connectivity index (χ0n) is 18.9. The van der Waals surface area contributed by atoms with Crippen LogP contribution in [0.2, 0.25) is 5.02 Å². The van der Waals surface area contributed by atoms with Crippen molar-refractivity contribution in [2.45, 2.75) is 37.5 Å². The van der Waals surface area contributed by atoms with Gasteiger partial charge in [-0.15, -0.1) is 11.8 Å². The maximum absolute atomic E-state index is 13.3. The molecular formula is C27H26ClFO4S. The molecule has 0 fully saturated rings. The van der Waals surface area contributed by atoms with E-state index in [-0.39, 0.29) is 18.0 Å². The minimum Gasteiger partial charge on any atom is -0.493 e. The largest absolute Gasteiger partial charge is 0.493 e. The van der Waals surface area contributed by atoms with Gasteiger partial charge in [-0.05, 0) is 60.9 Å². The van der Waals surface area contributed by atoms with Crippen LogP contribution in [0.15, 0.2) is 65.6 Å². The van der Waals surface area contributed by atoms with Gasteiger partial charge in [0, 0.05) is 27.3 Å². The SMILES string of the molecule is CCCc1c(OCCCSc2ccc(CC(=O)O)cc2Cl)cccc1C(=O)c1ccc(F)cc1. The number of aliphatic carboxylic acids is 1. The molecule has 0 aliphatic heterocycles. The number of carboxylic acid groups (broad SMARTS) is 1. The summed E-state index contributed by atoms with van der Waals surface area (Å²) in [5, 5.41) is 9.44. The van der Waals surface area contributed by atoms with Crippen molar-refractivity contribution in [2.75, 3.05) is 12.4 Å². The number of hydrogen-bond acceptors (Lipinski definition) is 4. The predicted octanol–water partition coefficient (Wildman–Crippen LogP) is 6.85. The first kappa shape index (κ1) is 25.8. The lowest BCUT2D eigenvalue weighted by Gasteiger charge is -2.15. The molecule has 0 saturated carbocycles. The van der Waals surface area contributed by atoms with E-state index in [0.29, 0.717) is 40.5 Å². The molecule has 0 atom stereocenters. The van der Waals surface area contributed by atoms with E-state index in [1.807, 2.05) is 19.1 Å². The molecule has 0 saturated heterocycles. The summed E-state index contributed by atoms with van der Waals surface area (Å²) in [6, 6.07) is 16.3. The molecule has 0 radical (unpaired) electrons. The van der Waals surface area contributed by atoms with Crippen molar-refractivity contribution < 1.29 is 23.8 Å². The van der Waals surface area contributed by atoms with Crippen LogP contribution in [0.5, 0.6) is 5.75 Å². The molecule has 3 aromatic rings. The summed E-state index contributed by atoms with van der Waals surface area (Å²) in [7, 11) is 0. The minimum atomic E-state index is -0.889. The van der Waals surface area contributed by atoms with Crippen LogP contribution in [-0.4, -0.2) is 29.2 Å². The molecule has 1 N–H and O–H groups in total. The summed E-state index contributed by atoms with van der Waals surface area (Å²) >= 11 is 7.87. The lowest BCUT2D eigenvalue weighted by molar-refractivity contribution is -0.136. The van der Waals surface area contributed by atoms with E-state index >= 15 is 0 Å². The Hall–Kier alpha value is -2.83. The van der Waals surface area contributed by atoms with Gasteiger partial charge in [0.2, 0.25) is 0 Å². The summed E-state index contributed by atoms with van der Waals surface area (Å²) in [6.45, 7) is 2.53. The average molecular weight is 501 g/mol. The molecule has 3 aromatic carbocycles. The van der Waals surface area contributed by atoms with E-state index in [2.05, 4.69) is 0 Å². The van der Waals surface area contributed by atoms with Crippen LogP contribution in [0.25, 0.3) is 0 Å². The second-order valence-electron chi connectivity index (χ2n) is 7.75. The Labute approximate surface area is 208 Å². The monoisotopic (exact) mass is 500 g/mol. The van der Waals surface area contributed by atoms with Crippen molar-refractivity contribution in [1.29, 1.82) is 0 Å². The first-order chi connectivity index (χ1) is 16.4. The highest BCUT2D eigenvalue weighted by Crippen LogP contribution is 2.30. The number of rotatable bonds is 12. The summed E-state index contributed by atoms with van der Waals surface area (Å²) in [5.41, 5.74) is 2.56. The molecule has 0 heterocycles. The van der Waals surface area contributed by atoms with Gasteiger partial charge in [0.25, 0.3) is 0 Å². The van der Waals surface area contributed by atoms with Crippen LogP contribution in [0.3, 0.4) is 0 Å². The third-order valence-corrected chi connectivity index (χ3v) is 6.72. The maximum Gasteiger partial charge on any atom is 0.307 e. The number of hydrogen-bond donors (Lipinski definition) is 1. The third kappa shape index (κ3) is 7.08. The van der Waals surface area contributed by atoms with Crippen LogP contribution < -0.4 is 4.74 Å². The highest BCUT2D eigenvalue weighted by Gasteiger charge is 2.17. The molecule has 4 nitrogen and oxygen atoms in total. The van der Waals surface area contributed by atoms with Gasteiger partial charge in [-0.3, -0.25) is 9.59 Å². The summed E-state index contributed by atoms with van der Waals surface area (Å²) in [5.74, 6) is 0.0496. The van der Waals surface area contributed by atoms with Crippen LogP contribution in [0, 0.1) is 5.82 Å². The number of thioether (sulfide) groups is 1. The molecule has 0 amide bonds. The minimum absolute atomic E-state index is 0.0542. The van der Waals surface area contributed by atoms with Crippen molar-refractivity contribution in [1.82, 2.24) is 0 Å². The molecular weight excluding hydrogens is 475 g/mol. The standard InChI is InChI=1S/C27H26ClFO4S/c1-2-5-21-22(27(32)19-9-11-20(29)12-10-19)6-3-7-24(21)33-14-4-15-34-25-13-8-18(16-23(25)28)17-26(30)31/h3,6-13,16H,2,4-5,14-15,17H2,1H3,(H,30,31). The maximum atomic E-state index is 13.3. The Morgan fingerprint density at radius 3 is 2.53 bits per heavy atom. The molecule has 7 heteroatoms. The molecule has 0 unspecified atom stereocenters. The molecule has 0 aliphatic carbocycles. The van der Waals surface area contributed by atoms with Crippen LogP contribution in [-0.2, 0) is 17.6 Å². The summed E-state index contributed by atoms with van der Waals surface area (Å²) in [4.78, 5) is 24.8. The van der Waals surface area contributed by atoms with Crippen molar-refractivity contribution in [3.05, 3.63) is 93.8 Å². The lowest BCUT2D eigenvalue weighted by atomic mass is 9.95. The van der Waals surface area contributed by atoms with Crippen LogP contribution >= 0.6 is 23.4 Å². The smallest absolute Gasteiger partial charge is 0.307 e. The number of carboxylic acids is 1. The highest BCUT2D eigenvalue weighted by molar-refractivity contribution is 7.99. The van der Waals surface area contributed by atoms with Gasteiger partial charge in [0.05, 0.1) is 18.1 Å². The van der Waals surface area contributed by atoms with Crippen LogP contribution in [0.4, 0.5) is 4.39 Å². The van der Waals surface area contributed by atoms with E-state index in [0.717, 1.165) is 29.1 Å². The number of halogens is 2. The molecule has 178 valence electrons. The van der Waals surface area contributed by atoms with E-state index in [1.165, 1.54) is 24.3 Å². The molecule has 0 spiro atoms. The van der Waals surface area contributed by atoms with E-state index in [9.17, 15) is 14.0 Å². The molecule has 0 bridgehead atoms. The molecule has 3 rings (SSSR count). The number of carbonyl (C=O) groups is 2. The van der Waals surface area contributed by atoms with Gasteiger partial charge in [-0.1, -0.05) is 43.1 Å². The second kappa shape index (κ2) is 12.6. The van der Waals surface area contributed by atoms with Crippen molar-refractivity contribution in [3.63, 3.8) is 0 Å². The van der Waals surface area contributed by atoms with E-state index < -0.39 is 5.97 Å². The molecule has 0 aromatic heterocycles. The molecule has 34 heavy (non-hydrogen) atoms. The number of carbonyl (C=O) groups excluding carboxylic acids is 1.